The summed E-state index contributed by atoms with van der Waals surface area (Å²) >= 11 is 0. The van der Waals surface area contributed by atoms with E-state index in [4.69, 9.17) is 0 Å². The van der Waals surface area contributed by atoms with Crippen LogP contribution in [0.4, 0.5) is 0 Å². The SMILES string of the molecule is CCC(CC(=O)OC)NC(=O)c1cccc(O)c1. The molecule has 0 heterocycles. The molecule has 0 aromatic heterocycles. The van der Waals surface area contributed by atoms with Crippen LogP contribution in [-0.4, -0.2) is 30.1 Å². The first-order valence-electron chi connectivity index (χ1n) is 5.73. The van der Waals surface area contributed by atoms with Gasteiger partial charge in [-0.2, -0.15) is 0 Å². The van der Waals surface area contributed by atoms with Crippen LogP contribution in [0, 0.1) is 0 Å². The van der Waals surface area contributed by atoms with Crippen LogP contribution in [0.5, 0.6) is 5.75 Å². The molecule has 18 heavy (non-hydrogen) atoms. The summed E-state index contributed by atoms with van der Waals surface area (Å²) in [5.74, 6) is -0.650. The Hall–Kier alpha value is -2.04. The molecular formula is C13H17NO4. The Balaban J connectivity index is 2.65. The Morgan fingerprint density at radius 2 is 2.17 bits per heavy atom. The average molecular weight is 251 g/mol. The third kappa shape index (κ3) is 4.08. The Kier molecular flexibility index (Phi) is 5.17. The molecule has 0 radical (unpaired) electrons. The van der Waals surface area contributed by atoms with Crippen molar-refractivity contribution in [1.82, 2.24) is 5.32 Å². The van der Waals surface area contributed by atoms with Gasteiger partial charge in [-0.05, 0) is 24.6 Å². The third-order valence-corrected chi connectivity index (χ3v) is 2.58. The number of phenolic OH excluding ortho intramolecular Hbond substituents is 1. The maximum Gasteiger partial charge on any atom is 0.307 e. The minimum Gasteiger partial charge on any atom is -0.508 e. The number of phenols is 1. The Labute approximate surface area is 106 Å². The Bertz CT molecular complexity index is 431. The van der Waals surface area contributed by atoms with Crippen molar-refractivity contribution in [3.8, 4) is 5.75 Å². The highest BCUT2D eigenvalue weighted by Gasteiger charge is 2.16. The lowest BCUT2D eigenvalue weighted by molar-refractivity contribution is -0.141. The molecule has 1 aromatic carbocycles. The number of benzene rings is 1. The van der Waals surface area contributed by atoms with E-state index in [0.29, 0.717) is 12.0 Å². The van der Waals surface area contributed by atoms with Gasteiger partial charge in [-0.15, -0.1) is 0 Å². The fourth-order valence-corrected chi connectivity index (χ4v) is 1.50. The normalized spacial score (nSPS) is 11.7. The first-order valence-corrected chi connectivity index (χ1v) is 5.73. The van der Waals surface area contributed by atoms with E-state index in [1.165, 1.54) is 19.2 Å². The summed E-state index contributed by atoms with van der Waals surface area (Å²) < 4.78 is 4.56. The van der Waals surface area contributed by atoms with Gasteiger partial charge in [0.15, 0.2) is 0 Å². The number of nitrogens with one attached hydrogen (secondary N) is 1. The number of carbonyl (C=O) groups is 2. The predicted octanol–water partition coefficient (Wildman–Crippen LogP) is 1.46. The summed E-state index contributed by atoms with van der Waals surface area (Å²) in [5.41, 5.74) is 0.360. The largest absolute Gasteiger partial charge is 0.508 e. The average Bonchev–Trinajstić information content (AvgIpc) is 2.37. The molecule has 0 saturated carbocycles. The van der Waals surface area contributed by atoms with Gasteiger partial charge in [0, 0.05) is 11.6 Å². The lowest BCUT2D eigenvalue weighted by Crippen LogP contribution is -2.36. The number of esters is 1. The third-order valence-electron chi connectivity index (χ3n) is 2.58. The zero-order chi connectivity index (χ0) is 13.5. The first kappa shape index (κ1) is 14.0. The summed E-state index contributed by atoms with van der Waals surface area (Å²) in [5, 5.41) is 12.0. The van der Waals surface area contributed by atoms with Crippen LogP contribution in [0.2, 0.25) is 0 Å². The van der Waals surface area contributed by atoms with E-state index in [1.807, 2.05) is 6.92 Å². The summed E-state index contributed by atoms with van der Waals surface area (Å²) in [7, 11) is 1.31. The number of rotatable bonds is 5. The van der Waals surface area contributed by atoms with Gasteiger partial charge in [0.05, 0.1) is 13.5 Å². The van der Waals surface area contributed by atoms with Gasteiger partial charge in [0.2, 0.25) is 0 Å². The van der Waals surface area contributed by atoms with Gasteiger partial charge >= 0.3 is 5.97 Å². The molecule has 1 amide bonds. The topological polar surface area (TPSA) is 75.6 Å². The molecule has 0 spiro atoms. The van der Waals surface area contributed by atoms with Crippen LogP contribution in [-0.2, 0) is 9.53 Å². The lowest BCUT2D eigenvalue weighted by atomic mass is 10.1. The molecule has 1 rings (SSSR count). The summed E-state index contributed by atoms with van der Waals surface area (Å²) in [6, 6.07) is 5.78. The van der Waals surface area contributed by atoms with Crippen molar-refractivity contribution in [3.05, 3.63) is 29.8 Å². The maximum absolute atomic E-state index is 11.9. The molecule has 0 aliphatic rings. The van der Waals surface area contributed by atoms with Gasteiger partial charge in [0.1, 0.15) is 5.75 Å². The number of aromatic hydroxyl groups is 1. The monoisotopic (exact) mass is 251 g/mol. The second-order valence-corrected chi connectivity index (χ2v) is 3.91. The molecule has 5 nitrogen and oxygen atoms in total. The Morgan fingerprint density at radius 1 is 1.44 bits per heavy atom. The van der Waals surface area contributed by atoms with E-state index in [9.17, 15) is 14.7 Å². The molecule has 1 aromatic rings. The van der Waals surface area contributed by atoms with E-state index >= 15 is 0 Å². The van der Waals surface area contributed by atoms with Crippen LogP contribution in [0.25, 0.3) is 0 Å². The molecule has 1 atom stereocenters. The summed E-state index contributed by atoms with van der Waals surface area (Å²) in [6.07, 6.45) is 0.761. The van der Waals surface area contributed by atoms with Crippen molar-refractivity contribution < 1.29 is 19.4 Å². The lowest BCUT2D eigenvalue weighted by Gasteiger charge is -2.15. The van der Waals surface area contributed by atoms with E-state index in [1.54, 1.807) is 12.1 Å². The van der Waals surface area contributed by atoms with E-state index in [-0.39, 0.29) is 30.1 Å². The first-order chi connectivity index (χ1) is 8.56. The molecule has 0 fully saturated rings. The van der Waals surface area contributed by atoms with E-state index in [2.05, 4.69) is 10.1 Å². The van der Waals surface area contributed by atoms with Crippen molar-refractivity contribution in [3.63, 3.8) is 0 Å². The number of hydrogen-bond acceptors (Lipinski definition) is 4. The van der Waals surface area contributed by atoms with E-state index < -0.39 is 0 Å². The van der Waals surface area contributed by atoms with Crippen molar-refractivity contribution in [2.24, 2.45) is 0 Å². The van der Waals surface area contributed by atoms with Gasteiger partial charge in [-0.3, -0.25) is 9.59 Å². The molecule has 1 unspecified atom stereocenters. The van der Waals surface area contributed by atoms with Crippen LogP contribution in [0.1, 0.15) is 30.1 Å². The zero-order valence-corrected chi connectivity index (χ0v) is 10.5. The van der Waals surface area contributed by atoms with E-state index in [0.717, 1.165) is 0 Å². The van der Waals surface area contributed by atoms with Gasteiger partial charge in [0.25, 0.3) is 5.91 Å². The number of ether oxygens (including phenoxy) is 1. The summed E-state index contributed by atoms with van der Waals surface area (Å²) in [4.78, 5) is 23.0. The molecule has 2 N–H and O–H groups in total. The van der Waals surface area contributed by atoms with Gasteiger partial charge < -0.3 is 15.2 Å². The summed E-state index contributed by atoms with van der Waals surface area (Å²) in [6.45, 7) is 1.87. The standard InChI is InChI=1S/C13H17NO4/c1-3-10(8-12(16)18-2)14-13(17)9-5-4-6-11(15)7-9/h4-7,10,15H,3,8H2,1-2H3,(H,14,17). The van der Waals surface area contributed by atoms with Crippen LogP contribution in [0.3, 0.4) is 0 Å². The highest BCUT2D eigenvalue weighted by Crippen LogP contribution is 2.11. The fourth-order valence-electron chi connectivity index (χ4n) is 1.50. The fraction of sp³-hybridized carbons (Fsp3) is 0.385. The molecule has 0 saturated heterocycles. The van der Waals surface area contributed by atoms with Crippen LogP contribution >= 0.6 is 0 Å². The number of amides is 1. The maximum atomic E-state index is 11.9. The highest BCUT2D eigenvalue weighted by atomic mass is 16.5. The van der Waals surface area contributed by atoms with Crippen LogP contribution in [0.15, 0.2) is 24.3 Å². The van der Waals surface area contributed by atoms with Gasteiger partial charge in [-0.1, -0.05) is 13.0 Å². The minimum absolute atomic E-state index is 0.0312. The van der Waals surface area contributed by atoms with Crippen molar-refractivity contribution in [2.45, 2.75) is 25.8 Å². The molecule has 98 valence electrons. The quantitative estimate of drug-likeness (QED) is 0.777. The molecule has 0 bridgehead atoms. The van der Waals surface area contributed by atoms with Crippen LogP contribution < -0.4 is 5.32 Å². The second kappa shape index (κ2) is 6.64. The van der Waals surface area contributed by atoms with Gasteiger partial charge in [-0.25, -0.2) is 0 Å². The van der Waals surface area contributed by atoms with Crippen molar-refractivity contribution in [1.29, 1.82) is 0 Å². The minimum atomic E-state index is -0.363. The predicted molar refractivity (Wildman–Crippen MR) is 66.3 cm³/mol. The number of carbonyl (C=O) groups excluding carboxylic acids is 2. The molecule has 0 aliphatic heterocycles. The second-order valence-electron chi connectivity index (χ2n) is 3.91. The molecule has 5 heteroatoms. The Morgan fingerprint density at radius 3 is 2.72 bits per heavy atom. The zero-order valence-electron chi connectivity index (χ0n) is 10.5. The van der Waals surface area contributed by atoms with Crippen molar-refractivity contribution >= 4 is 11.9 Å². The number of hydrogen-bond donors (Lipinski definition) is 2. The molecule has 0 aliphatic carbocycles. The smallest absolute Gasteiger partial charge is 0.307 e. The van der Waals surface area contributed by atoms with Crippen molar-refractivity contribution in [2.75, 3.05) is 7.11 Å². The number of methoxy groups -OCH3 is 1. The molecular weight excluding hydrogens is 234 g/mol. The highest BCUT2D eigenvalue weighted by molar-refractivity contribution is 5.95.